The number of aliphatic carboxylic acids is 2. The average Bonchev–Trinajstić information content (AvgIpc) is 2.56. The second-order valence-corrected chi connectivity index (χ2v) is 9.43. The van der Waals surface area contributed by atoms with Crippen molar-refractivity contribution in [3.05, 3.63) is 0 Å². The minimum absolute atomic E-state index is 0.0415. The molecule has 0 aliphatic carbocycles. The third-order valence-corrected chi connectivity index (χ3v) is 6.91. The molecule has 148 valence electrons. The Morgan fingerprint density at radius 1 is 0.680 bits per heavy atom. The molecule has 0 rings (SSSR count). The maximum absolute atomic E-state index is 10.6. The van der Waals surface area contributed by atoms with E-state index >= 15 is 0 Å². The molecule has 4 unspecified atom stereocenters. The number of carboxylic acid groups (broad SMARTS) is 2. The second kappa shape index (κ2) is 17.1. The molecule has 0 radical (unpaired) electrons. The highest BCUT2D eigenvalue weighted by Gasteiger charge is 2.12. The molecule has 8 heteroatoms. The van der Waals surface area contributed by atoms with Crippen LogP contribution in [0, 0.1) is 11.8 Å². The number of aliphatic hydroxyl groups is 2. The van der Waals surface area contributed by atoms with Crippen molar-refractivity contribution in [3.8, 4) is 0 Å². The molecule has 0 aromatic heterocycles. The topological polar surface area (TPSA) is 115 Å². The van der Waals surface area contributed by atoms with Crippen molar-refractivity contribution >= 4 is 29.1 Å². The van der Waals surface area contributed by atoms with E-state index in [4.69, 9.17) is 20.4 Å². The first kappa shape index (κ1) is 24.7. The van der Waals surface area contributed by atoms with Gasteiger partial charge in [-0.05, 0) is 68.6 Å². The Bertz CT molecular complexity index is 322. The van der Waals surface area contributed by atoms with Gasteiger partial charge < -0.3 is 20.4 Å². The normalized spacial score (nSPS) is 14.5. The number of aliphatic hydroxyl groups excluding tert-OH is 2. The summed E-state index contributed by atoms with van der Waals surface area (Å²) >= 11 is 0. The molecule has 0 amide bonds. The molecule has 25 heavy (non-hydrogen) atoms. The first-order chi connectivity index (χ1) is 12.0. The molecule has 0 saturated carbocycles. The molecule has 4 N–H and O–H groups in total. The zero-order valence-corrected chi connectivity index (χ0v) is 17.0. The fourth-order valence-corrected chi connectivity index (χ4v) is 5.24. The zero-order valence-electron chi connectivity index (χ0n) is 15.0. The lowest BCUT2D eigenvalue weighted by Gasteiger charge is -2.11. The van der Waals surface area contributed by atoms with E-state index in [2.05, 4.69) is 0 Å². The van der Waals surface area contributed by atoms with Gasteiger partial charge in [0.25, 0.3) is 0 Å². The van der Waals surface area contributed by atoms with Gasteiger partial charge in [-0.25, -0.2) is 0 Å². The number of carboxylic acids is 2. The van der Waals surface area contributed by atoms with E-state index in [1.807, 2.05) is 0 Å². The summed E-state index contributed by atoms with van der Waals surface area (Å²) in [6.07, 6.45) is 9.57. The summed E-state index contributed by atoms with van der Waals surface area (Å²) in [5.74, 6) is -1.88. The number of carbonyl (C=O) groups is 2. The quantitative estimate of drug-likeness (QED) is 0.209. The van der Waals surface area contributed by atoms with Crippen molar-refractivity contribution in [1.29, 1.82) is 0 Å². The molecule has 0 aromatic rings. The van der Waals surface area contributed by atoms with Gasteiger partial charge in [0.2, 0.25) is 0 Å². The van der Waals surface area contributed by atoms with Crippen molar-refractivity contribution in [3.63, 3.8) is 0 Å². The van der Waals surface area contributed by atoms with Crippen molar-refractivity contribution in [2.24, 2.45) is 11.8 Å². The van der Waals surface area contributed by atoms with Crippen molar-refractivity contribution in [2.75, 3.05) is 37.9 Å². The lowest BCUT2D eigenvalue weighted by molar-refractivity contribution is -0.139. The Hall–Kier alpha value is -0.280. The van der Waals surface area contributed by atoms with Crippen LogP contribution in [0.25, 0.3) is 0 Å². The lowest BCUT2D eigenvalue weighted by atomic mass is 10.0. The van der Waals surface area contributed by atoms with Gasteiger partial charge >= 0.3 is 11.9 Å². The van der Waals surface area contributed by atoms with Crippen LogP contribution in [-0.2, 0) is 9.59 Å². The van der Waals surface area contributed by atoms with Gasteiger partial charge in [-0.2, -0.15) is 0 Å². The van der Waals surface area contributed by atoms with Crippen LogP contribution in [0.15, 0.2) is 0 Å². The van der Waals surface area contributed by atoms with Crippen LogP contribution in [-0.4, -0.2) is 70.2 Å². The molecule has 0 fully saturated rings. The Balaban J connectivity index is 3.38. The largest absolute Gasteiger partial charge is 0.481 e. The average molecular weight is 396 g/mol. The third kappa shape index (κ3) is 16.9. The molecular formula is C17H34O6P2. The molecule has 0 aliphatic heterocycles. The van der Waals surface area contributed by atoms with E-state index in [-0.39, 0.29) is 37.9 Å². The zero-order chi connectivity index (χ0) is 18.9. The summed E-state index contributed by atoms with van der Waals surface area (Å²) < 4.78 is 0. The number of hydrogen-bond acceptors (Lipinski definition) is 4. The number of hydrogen-bond donors (Lipinski definition) is 4. The van der Waals surface area contributed by atoms with E-state index in [1.165, 1.54) is 18.7 Å². The van der Waals surface area contributed by atoms with E-state index in [9.17, 15) is 9.59 Å². The first-order valence-corrected chi connectivity index (χ1v) is 11.9. The Morgan fingerprint density at radius 2 is 1.04 bits per heavy atom. The fraction of sp³-hybridized carbons (Fsp3) is 0.882. The van der Waals surface area contributed by atoms with Crippen LogP contribution in [0.1, 0.15) is 44.9 Å². The maximum atomic E-state index is 10.6. The summed E-state index contributed by atoms with van der Waals surface area (Å²) in [5, 5.41) is 35.6. The molecule has 0 spiro atoms. The van der Waals surface area contributed by atoms with Crippen molar-refractivity contribution < 1.29 is 30.0 Å². The van der Waals surface area contributed by atoms with Crippen LogP contribution in [0.5, 0.6) is 0 Å². The van der Waals surface area contributed by atoms with Gasteiger partial charge in [0.15, 0.2) is 0 Å². The van der Waals surface area contributed by atoms with E-state index in [0.717, 1.165) is 55.2 Å². The molecule has 0 aromatic carbocycles. The SMILES string of the molecule is O=C(O)CC(CO)CCCPCCCPCCCC(CO)CC(=O)O. The summed E-state index contributed by atoms with van der Waals surface area (Å²) in [6, 6.07) is 0. The molecule has 0 bridgehead atoms. The summed E-state index contributed by atoms with van der Waals surface area (Å²) in [7, 11) is 1.82. The smallest absolute Gasteiger partial charge is 0.303 e. The van der Waals surface area contributed by atoms with Gasteiger partial charge in [-0.1, -0.05) is 0 Å². The van der Waals surface area contributed by atoms with Gasteiger partial charge in [0.1, 0.15) is 0 Å². The summed E-state index contributed by atoms with van der Waals surface area (Å²) in [5.41, 5.74) is 0. The Labute approximate surface area is 154 Å². The molecule has 4 atom stereocenters. The predicted molar refractivity (Wildman–Crippen MR) is 105 cm³/mol. The molecule has 0 heterocycles. The van der Waals surface area contributed by atoms with Gasteiger partial charge in [-0.15, -0.1) is 17.2 Å². The highest BCUT2D eigenvalue weighted by Crippen LogP contribution is 2.22. The summed E-state index contributed by atoms with van der Waals surface area (Å²) in [4.78, 5) is 21.2. The minimum atomic E-state index is -0.837. The minimum Gasteiger partial charge on any atom is -0.481 e. The molecule has 6 nitrogen and oxygen atoms in total. The monoisotopic (exact) mass is 396 g/mol. The standard InChI is InChI=1S/C17H34O6P2/c18-12-14(10-16(20)21)4-1-6-24-8-3-9-25-7-2-5-15(13-19)11-17(22)23/h14-15,18-19,24-25H,1-13H2,(H,20,21)(H,22,23). The van der Waals surface area contributed by atoms with E-state index in [0.29, 0.717) is 0 Å². The Morgan fingerprint density at radius 3 is 1.36 bits per heavy atom. The van der Waals surface area contributed by atoms with Crippen LogP contribution in [0.4, 0.5) is 0 Å². The Kier molecular flexibility index (Phi) is 17.0. The third-order valence-electron chi connectivity index (χ3n) is 4.08. The fourth-order valence-electron chi connectivity index (χ4n) is 2.63. The van der Waals surface area contributed by atoms with E-state index < -0.39 is 11.9 Å². The van der Waals surface area contributed by atoms with Crippen LogP contribution < -0.4 is 0 Å². The van der Waals surface area contributed by atoms with Crippen LogP contribution in [0.3, 0.4) is 0 Å². The predicted octanol–water partition coefficient (Wildman–Crippen LogP) is 2.46. The van der Waals surface area contributed by atoms with Gasteiger partial charge in [0, 0.05) is 13.2 Å². The molecular weight excluding hydrogens is 362 g/mol. The molecule has 0 aliphatic rings. The van der Waals surface area contributed by atoms with E-state index in [1.54, 1.807) is 0 Å². The highest BCUT2D eigenvalue weighted by atomic mass is 31.1. The van der Waals surface area contributed by atoms with Crippen LogP contribution >= 0.6 is 17.2 Å². The molecule has 0 saturated heterocycles. The maximum Gasteiger partial charge on any atom is 0.303 e. The van der Waals surface area contributed by atoms with Gasteiger partial charge in [0.05, 0.1) is 12.8 Å². The van der Waals surface area contributed by atoms with Crippen molar-refractivity contribution in [1.82, 2.24) is 0 Å². The van der Waals surface area contributed by atoms with Gasteiger partial charge in [-0.3, -0.25) is 9.59 Å². The van der Waals surface area contributed by atoms with Crippen LogP contribution in [0.2, 0.25) is 0 Å². The summed E-state index contributed by atoms with van der Waals surface area (Å²) in [6.45, 7) is -0.0831. The lowest BCUT2D eigenvalue weighted by Crippen LogP contribution is -2.12. The number of rotatable bonds is 18. The first-order valence-electron chi connectivity index (χ1n) is 9.06. The highest BCUT2D eigenvalue weighted by molar-refractivity contribution is 7.39. The second-order valence-electron chi connectivity index (χ2n) is 6.43. The van der Waals surface area contributed by atoms with Crippen molar-refractivity contribution in [2.45, 2.75) is 44.9 Å².